The van der Waals surface area contributed by atoms with E-state index in [-0.39, 0.29) is 73.9 Å². The van der Waals surface area contributed by atoms with Crippen LogP contribution in [0.25, 0.3) is 0 Å². The van der Waals surface area contributed by atoms with E-state index in [1.54, 1.807) is 14.2 Å². The van der Waals surface area contributed by atoms with Crippen LogP contribution in [0.3, 0.4) is 0 Å². The highest BCUT2D eigenvalue weighted by Gasteiger charge is 2.22. The Morgan fingerprint density at radius 2 is 1.00 bits per heavy atom. The lowest BCUT2D eigenvalue weighted by molar-refractivity contribution is 0.107. The first-order valence-corrected chi connectivity index (χ1v) is 5.67. The molecule has 2 rings (SSSR count). The Labute approximate surface area is 146 Å². The SMILES string of the molecule is CO[C@@H]1CNC[C@H]1N.CO[C@H]1CNC[C@@H]1N.Cl.Cl.Cl.Cl. The topological polar surface area (TPSA) is 94.6 Å². The van der Waals surface area contributed by atoms with E-state index in [4.69, 9.17) is 20.9 Å². The minimum atomic E-state index is 0. The first kappa shape index (κ1) is 29.0. The monoisotopic (exact) mass is 376 g/mol. The van der Waals surface area contributed by atoms with Crippen molar-refractivity contribution >= 4 is 49.6 Å². The van der Waals surface area contributed by atoms with Gasteiger partial charge in [-0.3, -0.25) is 0 Å². The molecule has 128 valence electrons. The lowest BCUT2D eigenvalue weighted by atomic mass is 10.2. The fourth-order valence-electron chi connectivity index (χ4n) is 1.87. The molecule has 0 aromatic carbocycles. The fraction of sp³-hybridized carbons (Fsp3) is 1.00. The van der Waals surface area contributed by atoms with Crippen LogP contribution in [0, 0.1) is 0 Å². The fourth-order valence-corrected chi connectivity index (χ4v) is 1.87. The normalized spacial score (nSPS) is 30.6. The number of hydrogen-bond acceptors (Lipinski definition) is 6. The molecule has 20 heavy (non-hydrogen) atoms. The van der Waals surface area contributed by atoms with Crippen molar-refractivity contribution in [1.82, 2.24) is 10.6 Å². The molecule has 2 aliphatic heterocycles. The Balaban J connectivity index is -0.000000107. The van der Waals surface area contributed by atoms with Gasteiger partial charge in [-0.25, -0.2) is 0 Å². The van der Waals surface area contributed by atoms with E-state index >= 15 is 0 Å². The van der Waals surface area contributed by atoms with E-state index in [0.717, 1.165) is 26.2 Å². The van der Waals surface area contributed by atoms with Crippen molar-refractivity contribution in [3.8, 4) is 0 Å². The maximum atomic E-state index is 5.60. The number of nitrogens with two attached hydrogens (primary N) is 2. The number of rotatable bonds is 2. The first-order chi connectivity index (χ1) is 7.69. The van der Waals surface area contributed by atoms with E-state index in [2.05, 4.69) is 10.6 Å². The molecular weight excluding hydrogens is 350 g/mol. The van der Waals surface area contributed by atoms with Crippen molar-refractivity contribution < 1.29 is 9.47 Å². The van der Waals surface area contributed by atoms with Crippen molar-refractivity contribution in [2.45, 2.75) is 24.3 Å². The van der Waals surface area contributed by atoms with E-state index < -0.39 is 0 Å². The van der Waals surface area contributed by atoms with Crippen molar-refractivity contribution in [2.75, 3.05) is 40.4 Å². The zero-order valence-corrected chi connectivity index (χ0v) is 15.0. The van der Waals surface area contributed by atoms with Gasteiger partial charge < -0.3 is 31.6 Å². The minimum Gasteiger partial charge on any atom is -0.378 e. The number of methoxy groups -OCH3 is 2. The van der Waals surface area contributed by atoms with Crippen LogP contribution in [0.2, 0.25) is 0 Å². The lowest BCUT2D eigenvalue weighted by Gasteiger charge is -2.10. The molecule has 4 atom stereocenters. The summed E-state index contributed by atoms with van der Waals surface area (Å²) in [5.74, 6) is 0. The Morgan fingerprint density at radius 1 is 0.700 bits per heavy atom. The molecule has 0 aromatic heterocycles. The second-order valence-corrected chi connectivity index (χ2v) is 4.19. The van der Waals surface area contributed by atoms with Crippen LogP contribution in [0.1, 0.15) is 0 Å². The standard InChI is InChI=1S/2C5H12N2O.4ClH/c2*1-8-5-3-7-2-4(5)6;;;;/h2*4-5,7H,2-3,6H2,1H3;4*1H/t2*4-,5-;;;;/m10..../s1. The molecule has 2 saturated heterocycles. The van der Waals surface area contributed by atoms with Gasteiger partial charge in [-0.2, -0.15) is 0 Å². The molecule has 10 heteroatoms. The van der Waals surface area contributed by atoms with Crippen molar-refractivity contribution in [3.63, 3.8) is 0 Å². The largest absolute Gasteiger partial charge is 0.378 e. The maximum absolute atomic E-state index is 5.60. The smallest absolute Gasteiger partial charge is 0.0858 e. The van der Waals surface area contributed by atoms with Gasteiger partial charge in [0.25, 0.3) is 0 Å². The van der Waals surface area contributed by atoms with Gasteiger partial charge in [0.1, 0.15) is 0 Å². The summed E-state index contributed by atoms with van der Waals surface area (Å²) >= 11 is 0. The molecule has 6 N–H and O–H groups in total. The quantitative estimate of drug-likeness (QED) is 0.520. The summed E-state index contributed by atoms with van der Waals surface area (Å²) in [7, 11) is 3.38. The van der Waals surface area contributed by atoms with Crippen LogP contribution >= 0.6 is 49.6 Å². The van der Waals surface area contributed by atoms with Crippen molar-refractivity contribution in [3.05, 3.63) is 0 Å². The predicted molar refractivity (Wildman–Crippen MR) is 92.3 cm³/mol. The van der Waals surface area contributed by atoms with Crippen molar-refractivity contribution in [2.24, 2.45) is 11.5 Å². The zero-order chi connectivity index (χ0) is 12.0. The molecule has 0 spiro atoms. The molecule has 0 aromatic rings. The molecule has 2 aliphatic rings. The lowest BCUT2D eigenvalue weighted by Crippen LogP contribution is -2.34. The number of hydrogen-bond donors (Lipinski definition) is 4. The van der Waals surface area contributed by atoms with Crippen LogP contribution in [-0.4, -0.2) is 64.7 Å². The Kier molecular flexibility index (Phi) is 23.6. The third-order valence-corrected chi connectivity index (χ3v) is 3.01. The van der Waals surface area contributed by atoms with Gasteiger partial charge in [0.15, 0.2) is 0 Å². The highest BCUT2D eigenvalue weighted by atomic mass is 35.5. The van der Waals surface area contributed by atoms with Crippen LogP contribution in [-0.2, 0) is 9.47 Å². The molecule has 2 fully saturated rings. The molecule has 0 unspecified atom stereocenters. The number of halogens is 4. The molecule has 0 aliphatic carbocycles. The second kappa shape index (κ2) is 16.3. The molecule has 0 saturated carbocycles. The Bertz CT molecular complexity index is 188. The number of nitrogens with one attached hydrogen (secondary N) is 2. The van der Waals surface area contributed by atoms with Gasteiger partial charge in [-0.05, 0) is 0 Å². The van der Waals surface area contributed by atoms with E-state index in [0.29, 0.717) is 0 Å². The average molecular weight is 378 g/mol. The average Bonchev–Trinajstić information content (AvgIpc) is 2.87. The van der Waals surface area contributed by atoms with Gasteiger partial charge in [0.05, 0.1) is 12.2 Å². The van der Waals surface area contributed by atoms with Crippen LogP contribution in [0.15, 0.2) is 0 Å². The molecule has 2 heterocycles. The summed E-state index contributed by atoms with van der Waals surface area (Å²) in [6.07, 6.45) is 0.463. The van der Waals surface area contributed by atoms with Gasteiger partial charge in [-0.15, -0.1) is 49.6 Å². The van der Waals surface area contributed by atoms with E-state index in [1.165, 1.54) is 0 Å². The summed E-state index contributed by atoms with van der Waals surface area (Å²) in [6, 6.07) is 0.389. The van der Waals surface area contributed by atoms with Gasteiger partial charge in [0.2, 0.25) is 0 Å². The summed E-state index contributed by atoms with van der Waals surface area (Å²) in [5, 5.41) is 6.25. The summed E-state index contributed by atoms with van der Waals surface area (Å²) < 4.78 is 10.1. The van der Waals surface area contributed by atoms with Crippen LogP contribution < -0.4 is 22.1 Å². The van der Waals surface area contributed by atoms with Gasteiger partial charge in [0, 0.05) is 52.5 Å². The zero-order valence-electron chi connectivity index (χ0n) is 11.7. The number of ether oxygens (including phenoxy) is 2. The second-order valence-electron chi connectivity index (χ2n) is 4.19. The van der Waals surface area contributed by atoms with E-state index in [9.17, 15) is 0 Å². The summed E-state index contributed by atoms with van der Waals surface area (Å²) in [6.45, 7) is 3.58. The third kappa shape index (κ3) is 9.78. The molecule has 6 nitrogen and oxygen atoms in total. The summed E-state index contributed by atoms with van der Waals surface area (Å²) in [4.78, 5) is 0. The van der Waals surface area contributed by atoms with Gasteiger partial charge >= 0.3 is 0 Å². The van der Waals surface area contributed by atoms with Crippen LogP contribution in [0.5, 0.6) is 0 Å². The minimum absolute atomic E-state index is 0. The van der Waals surface area contributed by atoms with E-state index in [1.807, 2.05) is 0 Å². The highest BCUT2D eigenvalue weighted by molar-refractivity contribution is 5.86. The predicted octanol–water partition coefficient (Wildman–Crippen LogP) is -0.449. The van der Waals surface area contributed by atoms with Gasteiger partial charge in [-0.1, -0.05) is 0 Å². The Hall–Kier alpha value is 0.920. The first-order valence-electron chi connectivity index (χ1n) is 5.67. The highest BCUT2D eigenvalue weighted by Crippen LogP contribution is 1.99. The molecular formula is C10H28Cl4N4O2. The third-order valence-electron chi connectivity index (χ3n) is 3.01. The molecule has 0 radical (unpaired) electrons. The van der Waals surface area contributed by atoms with Crippen LogP contribution in [0.4, 0.5) is 0 Å². The molecule has 0 bridgehead atoms. The maximum Gasteiger partial charge on any atom is 0.0858 e. The van der Waals surface area contributed by atoms with Crippen molar-refractivity contribution in [1.29, 1.82) is 0 Å². The molecule has 0 amide bonds. The summed E-state index contributed by atoms with van der Waals surface area (Å²) in [5.41, 5.74) is 11.2. The Morgan fingerprint density at radius 3 is 1.10 bits per heavy atom.